The van der Waals surface area contributed by atoms with Crippen LogP contribution in [0.2, 0.25) is 0 Å². The van der Waals surface area contributed by atoms with E-state index in [4.69, 9.17) is 5.11 Å². The molecule has 2 atom stereocenters. The van der Waals surface area contributed by atoms with Gasteiger partial charge in [0.25, 0.3) is 0 Å². The fraction of sp³-hybridized carbons (Fsp3) is 0.500. The highest BCUT2D eigenvalue weighted by atomic mass is 16.4. The third-order valence-corrected chi connectivity index (χ3v) is 2.92. The molecule has 0 radical (unpaired) electrons. The summed E-state index contributed by atoms with van der Waals surface area (Å²) in [7, 11) is 0. The van der Waals surface area contributed by atoms with Crippen molar-refractivity contribution in [2.45, 2.75) is 38.6 Å². The van der Waals surface area contributed by atoms with E-state index in [0.29, 0.717) is 5.92 Å². The lowest BCUT2D eigenvalue weighted by molar-refractivity contribution is -0.137. The zero-order chi connectivity index (χ0) is 12.7. The van der Waals surface area contributed by atoms with Crippen molar-refractivity contribution in [1.29, 1.82) is 0 Å². The minimum absolute atomic E-state index is 0.0488. The van der Waals surface area contributed by atoms with Crippen LogP contribution in [0.5, 0.6) is 0 Å². The summed E-state index contributed by atoms with van der Waals surface area (Å²) in [5, 5.41) is 12.1. The number of nitrogens with one attached hydrogen (secondary N) is 1. The van der Waals surface area contributed by atoms with Gasteiger partial charge in [-0.1, -0.05) is 44.2 Å². The van der Waals surface area contributed by atoms with Crippen LogP contribution in [0.1, 0.15) is 38.2 Å². The van der Waals surface area contributed by atoms with Gasteiger partial charge in [0.1, 0.15) is 0 Å². The number of carboxylic acid groups (broad SMARTS) is 1. The molecule has 0 saturated heterocycles. The molecule has 1 aromatic carbocycles. The summed E-state index contributed by atoms with van der Waals surface area (Å²) in [6.45, 7) is 4.95. The molecule has 3 heteroatoms. The first kappa shape index (κ1) is 13.7. The lowest BCUT2D eigenvalue weighted by Gasteiger charge is -2.20. The van der Waals surface area contributed by atoms with Crippen molar-refractivity contribution >= 4 is 5.97 Å². The second-order valence-electron chi connectivity index (χ2n) is 4.40. The molecule has 0 saturated carbocycles. The first-order chi connectivity index (χ1) is 8.13. The maximum absolute atomic E-state index is 10.8. The van der Waals surface area contributed by atoms with E-state index in [0.717, 1.165) is 13.0 Å². The van der Waals surface area contributed by atoms with Gasteiger partial charge in [-0.3, -0.25) is 4.79 Å². The van der Waals surface area contributed by atoms with Crippen LogP contribution in [-0.2, 0) is 4.79 Å². The fourth-order valence-electron chi connectivity index (χ4n) is 2.08. The van der Waals surface area contributed by atoms with Gasteiger partial charge in [0.2, 0.25) is 0 Å². The average Bonchev–Trinajstić information content (AvgIpc) is 2.29. The zero-order valence-electron chi connectivity index (χ0n) is 10.5. The summed E-state index contributed by atoms with van der Waals surface area (Å²) in [5.41, 5.74) is 1.26. The number of benzene rings is 1. The van der Waals surface area contributed by atoms with E-state index in [2.05, 4.69) is 24.4 Å². The Labute approximate surface area is 103 Å². The Morgan fingerprint density at radius 2 is 2.00 bits per heavy atom. The number of carboxylic acids is 1. The van der Waals surface area contributed by atoms with Gasteiger partial charge in [0, 0.05) is 6.04 Å². The molecule has 1 rings (SSSR count). The minimum atomic E-state index is -0.740. The largest absolute Gasteiger partial charge is 0.481 e. The Kier molecular flexibility index (Phi) is 5.70. The molecule has 0 bridgehead atoms. The summed E-state index contributed by atoms with van der Waals surface area (Å²) < 4.78 is 0. The highest BCUT2D eigenvalue weighted by molar-refractivity contribution is 5.67. The standard InChI is InChI=1S/C14H21NO2/c1-3-15-13(10-14(16)17)9-11(2)12-7-5-4-6-8-12/h4-8,11,13,15H,3,9-10H2,1-2H3,(H,16,17). The van der Waals surface area contributed by atoms with E-state index in [1.54, 1.807) is 0 Å². The topological polar surface area (TPSA) is 49.3 Å². The Hall–Kier alpha value is -1.35. The molecule has 17 heavy (non-hydrogen) atoms. The lowest BCUT2D eigenvalue weighted by Crippen LogP contribution is -2.32. The van der Waals surface area contributed by atoms with Crippen LogP contribution < -0.4 is 5.32 Å². The predicted molar refractivity (Wildman–Crippen MR) is 69.2 cm³/mol. The molecule has 1 aromatic rings. The molecule has 2 N–H and O–H groups in total. The van der Waals surface area contributed by atoms with Crippen LogP contribution in [0.4, 0.5) is 0 Å². The molecular formula is C14H21NO2. The van der Waals surface area contributed by atoms with Gasteiger partial charge in [-0.05, 0) is 24.4 Å². The van der Waals surface area contributed by atoms with Gasteiger partial charge in [-0.25, -0.2) is 0 Å². The van der Waals surface area contributed by atoms with Crippen LogP contribution >= 0.6 is 0 Å². The van der Waals surface area contributed by atoms with Crippen LogP contribution in [0, 0.1) is 0 Å². The monoisotopic (exact) mass is 235 g/mol. The second kappa shape index (κ2) is 7.07. The number of carbonyl (C=O) groups is 1. The molecule has 0 amide bonds. The summed E-state index contributed by atoms with van der Waals surface area (Å²) in [6.07, 6.45) is 1.04. The van der Waals surface area contributed by atoms with Gasteiger partial charge in [0.05, 0.1) is 6.42 Å². The van der Waals surface area contributed by atoms with Gasteiger partial charge in [0.15, 0.2) is 0 Å². The third kappa shape index (κ3) is 5.00. The van der Waals surface area contributed by atoms with E-state index in [9.17, 15) is 4.79 Å². The molecule has 0 aliphatic heterocycles. The average molecular weight is 235 g/mol. The number of hydrogen-bond acceptors (Lipinski definition) is 2. The fourth-order valence-corrected chi connectivity index (χ4v) is 2.08. The minimum Gasteiger partial charge on any atom is -0.481 e. The molecule has 0 fully saturated rings. The van der Waals surface area contributed by atoms with Crippen LogP contribution in [0.3, 0.4) is 0 Å². The van der Waals surface area contributed by atoms with Crippen molar-refractivity contribution in [3.63, 3.8) is 0 Å². The summed E-state index contributed by atoms with van der Waals surface area (Å²) >= 11 is 0. The van der Waals surface area contributed by atoms with E-state index in [1.165, 1.54) is 5.56 Å². The van der Waals surface area contributed by atoms with Gasteiger partial charge < -0.3 is 10.4 Å². The summed E-state index contributed by atoms with van der Waals surface area (Å²) in [4.78, 5) is 10.8. The molecular weight excluding hydrogens is 214 g/mol. The van der Waals surface area contributed by atoms with E-state index >= 15 is 0 Å². The Balaban J connectivity index is 2.57. The van der Waals surface area contributed by atoms with Crippen LogP contribution in [0.15, 0.2) is 30.3 Å². The third-order valence-electron chi connectivity index (χ3n) is 2.92. The molecule has 0 aliphatic rings. The number of rotatable bonds is 7. The highest BCUT2D eigenvalue weighted by Gasteiger charge is 2.16. The molecule has 0 heterocycles. The van der Waals surface area contributed by atoms with Crippen molar-refractivity contribution in [2.24, 2.45) is 0 Å². The molecule has 0 aromatic heterocycles. The first-order valence-corrected chi connectivity index (χ1v) is 6.13. The van der Waals surface area contributed by atoms with Crippen molar-refractivity contribution in [2.75, 3.05) is 6.54 Å². The molecule has 0 spiro atoms. The highest BCUT2D eigenvalue weighted by Crippen LogP contribution is 2.21. The zero-order valence-corrected chi connectivity index (χ0v) is 10.5. The quantitative estimate of drug-likeness (QED) is 0.764. The molecule has 3 nitrogen and oxygen atoms in total. The Morgan fingerprint density at radius 1 is 1.35 bits per heavy atom. The van der Waals surface area contributed by atoms with E-state index in [1.807, 2.05) is 25.1 Å². The predicted octanol–water partition coefficient (Wildman–Crippen LogP) is 2.63. The van der Waals surface area contributed by atoms with Gasteiger partial charge >= 0.3 is 5.97 Å². The lowest BCUT2D eigenvalue weighted by atomic mass is 9.92. The van der Waals surface area contributed by atoms with Crippen molar-refractivity contribution in [3.8, 4) is 0 Å². The van der Waals surface area contributed by atoms with Gasteiger partial charge in [-0.2, -0.15) is 0 Å². The Bertz CT molecular complexity index is 337. The normalized spacial score (nSPS) is 14.2. The number of hydrogen-bond donors (Lipinski definition) is 2. The maximum atomic E-state index is 10.8. The van der Waals surface area contributed by atoms with Gasteiger partial charge in [-0.15, -0.1) is 0 Å². The van der Waals surface area contributed by atoms with Crippen molar-refractivity contribution in [1.82, 2.24) is 5.32 Å². The SMILES string of the molecule is CCNC(CC(=O)O)CC(C)c1ccccc1. The summed E-state index contributed by atoms with van der Waals surface area (Å²) in [6, 6.07) is 10.3. The maximum Gasteiger partial charge on any atom is 0.304 e. The molecule has 94 valence electrons. The molecule has 2 unspecified atom stereocenters. The summed E-state index contributed by atoms with van der Waals surface area (Å²) in [5.74, 6) is -0.365. The second-order valence-corrected chi connectivity index (χ2v) is 4.40. The van der Waals surface area contributed by atoms with Crippen molar-refractivity contribution in [3.05, 3.63) is 35.9 Å². The van der Waals surface area contributed by atoms with Crippen molar-refractivity contribution < 1.29 is 9.90 Å². The molecule has 0 aliphatic carbocycles. The van der Waals surface area contributed by atoms with Crippen LogP contribution in [-0.4, -0.2) is 23.7 Å². The smallest absolute Gasteiger partial charge is 0.304 e. The van der Waals surface area contributed by atoms with Crippen LogP contribution in [0.25, 0.3) is 0 Å². The first-order valence-electron chi connectivity index (χ1n) is 6.13. The number of aliphatic carboxylic acids is 1. The Morgan fingerprint density at radius 3 is 2.53 bits per heavy atom. The van der Waals surface area contributed by atoms with E-state index in [-0.39, 0.29) is 12.5 Å². The van der Waals surface area contributed by atoms with E-state index < -0.39 is 5.97 Å².